The molecule has 0 unspecified atom stereocenters. The lowest BCUT2D eigenvalue weighted by atomic mass is 9.98. The Bertz CT molecular complexity index is 1310. The lowest BCUT2D eigenvalue weighted by Gasteiger charge is -2.16. The predicted octanol–water partition coefficient (Wildman–Crippen LogP) is 3.41. The van der Waals surface area contributed by atoms with Crippen LogP contribution in [0.3, 0.4) is 0 Å². The predicted molar refractivity (Wildman–Crippen MR) is 128 cm³/mol. The van der Waals surface area contributed by atoms with E-state index in [0.29, 0.717) is 18.7 Å². The van der Waals surface area contributed by atoms with Gasteiger partial charge < -0.3 is 15.2 Å². The van der Waals surface area contributed by atoms with Gasteiger partial charge in [0, 0.05) is 24.6 Å². The second-order valence-corrected chi connectivity index (χ2v) is 8.46. The Kier molecular flexibility index (Phi) is 5.82. The summed E-state index contributed by atoms with van der Waals surface area (Å²) in [5.74, 6) is -1.22. The van der Waals surface area contributed by atoms with Crippen LogP contribution in [0.15, 0.2) is 66.4 Å². The SMILES string of the molecule is C/C(=C\CNC(=O)OCC1c2ccccc2-c2ccccc21)C(=O)N1CCn2ncc(C(=O)O)c21. The summed E-state index contributed by atoms with van der Waals surface area (Å²) in [6, 6.07) is 16.2. The number of hydrogen-bond donors (Lipinski definition) is 2. The van der Waals surface area contributed by atoms with Crippen molar-refractivity contribution in [3.8, 4) is 11.1 Å². The zero-order valence-corrected chi connectivity index (χ0v) is 19.1. The monoisotopic (exact) mass is 472 g/mol. The fourth-order valence-corrected chi connectivity index (χ4v) is 4.71. The molecule has 5 rings (SSSR count). The maximum Gasteiger partial charge on any atom is 0.407 e. The van der Waals surface area contributed by atoms with Gasteiger partial charge in [-0.2, -0.15) is 5.10 Å². The van der Waals surface area contributed by atoms with E-state index < -0.39 is 12.1 Å². The highest BCUT2D eigenvalue weighted by molar-refractivity contribution is 6.08. The third-order valence-electron chi connectivity index (χ3n) is 6.41. The van der Waals surface area contributed by atoms with E-state index in [0.717, 1.165) is 22.3 Å². The van der Waals surface area contributed by atoms with Crippen LogP contribution in [0.5, 0.6) is 0 Å². The molecule has 1 aliphatic carbocycles. The summed E-state index contributed by atoms with van der Waals surface area (Å²) < 4.78 is 7.01. The Morgan fingerprint density at radius 3 is 2.40 bits per heavy atom. The molecule has 3 aromatic rings. The summed E-state index contributed by atoms with van der Waals surface area (Å²) in [6.07, 6.45) is 2.26. The zero-order chi connectivity index (χ0) is 24.5. The molecule has 1 aliphatic heterocycles. The molecular formula is C26H24N4O5. The van der Waals surface area contributed by atoms with Crippen molar-refractivity contribution in [2.24, 2.45) is 0 Å². The third-order valence-corrected chi connectivity index (χ3v) is 6.41. The number of hydrogen-bond acceptors (Lipinski definition) is 5. The molecule has 0 atom stereocenters. The van der Waals surface area contributed by atoms with Gasteiger partial charge >= 0.3 is 12.1 Å². The van der Waals surface area contributed by atoms with E-state index in [1.165, 1.54) is 15.8 Å². The average Bonchev–Trinajstić information content (AvgIpc) is 3.54. The van der Waals surface area contributed by atoms with Crippen LogP contribution in [0.4, 0.5) is 10.6 Å². The molecular weight excluding hydrogens is 448 g/mol. The van der Waals surface area contributed by atoms with Gasteiger partial charge in [0.25, 0.3) is 5.91 Å². The van der Waals surface area contributed by atoms with Crippen LogP contribution < -0.4 is 10.2 Å². The number of aromatic carboxylic acids is 1. The van der Waals surface area contributed by atoms with Crippen molar-refractivity contribution in [2.45, 2.75) is 19.4 Å². The molecule has 0 spiro atoms. The van der Waals surface area contributed by atoms with Crippen molar-refractivity contribution in [2.75, 3.05) is 24.6 Å². The number of ether oxygens (including phenoxy) is 1. The molecule has 2 aromatic carbocycles. The number of nitrogens with zero attached hydrogens (tertiary/aromatic N) is 3. The van der Waals surface area contributed by atoms with Gasteiger partial charge in [-0.25, -0.2) is 14.3 Å². The summed E-state index contributed by atoms with van der Waals surface area (Å²) in [7, 11) is 0. The molecule has 0 bridgehead atoms. The summed E-state index contributed by atoms with van der Waals surface area (Å²) in [5, 5.41) is 16.0. The van der Waals surface area contributed by atoms with E-state index in [9.17, 15) is 19.5 Å². The van der Waals surface area contributed by atoms with E-state index in [1.807, 2.05) is 24.3 Å². The third kappa shape index (κ3) is 4.05. The Balaban J connectivity index is 1.18. The molecule has 0 saturated carbocycles. The maximum absolute atomic E-state index is 12.9. The van der Waals surface area contributed by atoms with E-state index in [4.69, 9.17) is 4.74 Å². The van der Waals surface area contributed by atoms with Crippen LogP contribution in [0.25, 0.3) is 11.1 Å². The molecule has 2 amide bonds. The number of benzene rings is 2. The number of aromatic nitrogens is 2. The highest BCUT2D eigenvalue weighted by Crippen LogP contribution is 2.44. The lowest BCUT2D eigenvalue weighted by molar-refractivity contribution is -0.115. The Morgan fingerprint density at radius 1 is 1.09 bits per heavy atom. The first-order chi connectivity index (χ1) is 17.0. The van der Waals surface area contributed by atoms with Crippen LogP contribution in [0, 0.1) is 0 Å². The molecule has 0 fully saturated rings. The van der Waals surface area contributed by atoms with E-state index in [-0.39, 0.29) is 36.4 Å². The molecule has 178 valence electrons. The maximum atomic E-state index is 12.9. The van der Waals surface area contributed by atoms with Crippen LogP contribution >= 0.6 is 0 Å². The van der Waals surface area contributed by atoms with Crippen LogP contribution in [-0.4, -0.2) is 52.6 Å². The number of carboxylic acids is 1. The molecule has 2 heterocycles. The van der Waals surface area contributed by atoms with Crippen molar-refractivity contribution < 1.29 is 24.2 Å². The van der Waals surface area contributed by atoms with Gasteiger partial charge in [-0.15, -0.1) is 0 Å². The Morgan fingerprint density at radius 2 is 1.74 bits per heavy atom. The van der Waals surface area contributed by atoms with E-state index >= 15 is 0 Å². The van der Waals surface area contributed by atoms with Gasteiger partial charge in [0.15, 0.2) is 0 Å². The molecule has 9 nitrogen and oxygen atoms in total. The number of carbonyl (C=O) groups excluding carboxylic acids is 2. The van der Waals surface area contributed by atoms with Gasteiger partial charge in [-0.3, -0.25) is 9.69 Å². The summed E-state index contributed by atoms with van der Waals surface area (Å²) >= 11 is 0. The van der Waals surface area contributed by atoms with Crippen molar-refractivity contribution in [1.29, 1.82) is 0 Å². The number of carbonyl (C=O) groups is 3. The zero-order valence-electron chi connectivity index (χ0n) is 19.1. The van der Waals surface area contributed by atoms with Crippen LogP contribution in [0.2, 0.25) is 0 Å². The molecule has 35 heavy (non-hydrogen) atoms. The minimum absolute atomic E-state index is 0.0135. The minimum Gasteiger partial charge on any atom is -0.477 e. The highest BCUT2D eigenvalue weighted by atomic mass is 16.5. The number of amides is 2. The first-order valence-corrected chi connectivity index (χ1v) is 11.3. The largest absolute Gasteiger partial charge is 0.477 e. The average molecular weight is 473 g/mol. The van der Waals surface area contributed by atoms with Gasteiger partial charge in [0.05, 0.1) is 12.7 Å². The number of anilines is 1. The summed E-state index contributed by atoms with van der Waals surface area (Å²) in [5.41, 5.74) is 4.95. The fraction of sp³-hybridized carbons (Fsp3) is 0.231. The first kappa shape index (κ1) is 22.4. The summed E-state index contributed by atoms with van der Waals surface area (Å²) in [4.78, 5) is 38.0. The van der Waals surface area contributed by atoms with Gasteiger partial charge in [0.2, 0.25) is 0 Å². The second-order valence-electron chi connectivity index (χ2n) is 8.46. The number of alkyl carbamates (subject to hydrolysis) is 1. The Labute approximate surface area is 201 Å². The number of nitrogens with one attached hydrogen (secondary N) is 1. The topological polar surface area (TPSA) is 114 Å². The number of fused-ring (bicyclic) bond motifs is 4. The standard InChI is InChI=1S/C26H24N4O5/c1-16(24(31)29-12-13-30-23(29)21(14-28-30)25(32)33)10-11-27-26(34)35-15-22-19-8-4-2-6-17(19)18-7-3-5-9-20(18)22/h2-10,14,22H,11-13,15H2,1H3,(H,27,34)(H,32,33)/b16-10+. The van der Waals surface area contributed by atoms with Crippen molar-refractivity contribution in [3.63, 3.8) is 0 Å². The van der Waals surface area contributed by atoms with Gasteiger partial charge in [0.1, 0.15) is 18.0 Å². The highest BCUT2D eigenvalue weighted by Gasteiger charge is 2.32. The first-order valence-electron chi connectivity index (χ1n) is 11.3. The van der Waals surface area contributed by atoms with Crippen LogP contribution in [-0.2, 0) is 16.1 Å². The molecule has 2 aliphatic rings. The Hall–Kier alpha value is -4.40. The van der Waals surface area contributed by atoms with E-state index in [2.05, 4.69) is 34.7 Å². The number of rotatable bonds is 6. The van der Waals surface area contributed by atoms with Crippen molar-refractivity contribution in [1.82, 2.24) is 15.1 Å². The smallest absolute Gasteiger partial charge is 0.407 e. The van der Waals surface area contributed by atoms with E-state index in [1.54, 1.807) is 13.0 Å². The van der Waals surface area contributed by atoms with Crippen molar-refractivity contribution >= 4 is 23.8 Å². The molecule has 1 aromatic heterocycles. The fourth-order valence-electron chi connectivity index (χ4n) is 4.71. The van der Waals surface area contributed by atoms with Gasteiger partial charge in [-0.05, 0) is 29.2 Å². The summed E-state index contributed by atoms with van der Waals surface area (Å²) in [6.45, 7) is 2.71. The molecule has 0 radical (unpaired) electrons. The van der Waals surface area contributed by atoms with Gasteiger partial charge in [-0.1, -0.05) is 54.6 Å². The molecule has 2 N–H and O–H groups in total. The lowest BCUT2D eigenvalue weighted by Crippen LogP contribution is -2.31. The number of carboxylic acid groups (broad SMARTS) is 1. The quantitative estimate of drug-likeness (QED) is 0.532. The minimum atomic E-state index is -1.13. The molecule has 9 heteroatoms. The second kappa shape index (κ2) is 9.09. The molecule has 0 saturated heterocycles. The van der Waals surface area contributed by atoms with Crippen molar-refractivity contribution in [3.05, 3.63) is 83.1 Å². The van der Waals surface area contributed by atoms with Crippen LogP contribution in [0.1, 0.15) is 34.3 Å². The normalized spacial score (nSPS) is 14.3.